The van der Waals surface area contributed by atoms with Crippen LogP contribution in [-0.2, 0) is 4.79 Å². The molecule has 36 heavy (non-hydrogen) atoms. The van der Waals surface area contributed by atoms with Crippen LogP contribution in [0.15, 0.2) is 61.4 Å². The molecule has 3 saturated carbocycles. The molecule has 7 rings (SSSR count). The van der Waals surface area contributed by atoms with Gasteiger partial charge in [0, 0.05) is 17.5 Å². The Bertz CT molecular complexity index is 1410. The lowest BCUT2D eigenvalue weighted by Gasteiger charge is -2.22. The minimum atomic E-state index is -0.296. The molecular formula is C27H25FN6O2. The number of pyridine rings is 2. The first-order chi connectivity index (χ1) is 17.6. The Kier molecular flexibility index (Phi) is 4.97. The minimum absolute atomic E-state index is 0.0218. The topological polar surface area (TPSA) is 94.8 Å². The van der Waals surface area contributed by atoms with Crippen LogP contribution in [0.25, 0.3) is 16.6 Å². The highest BCUT2D eigenvalue weighted by molar-refractivity contribution is 5.92. The van der Waals surface area contributed by atoms with E-state index in [2.05, 4.69) is 25.4 Å². The highest BCUT2D eigenvalue weighted by Crippen LogP contribution is 2.64. The molecule has 4 aromatic rings. The van der Waals surface area contributed by atoms with Gasteiger partial charge < -0.3 is 10.1 Å². The molecular weight excluding hydrogens is 459 g/mol. The zero-order chi connectivity index (χ0) is 24.2. The van der Waals surface area contributed by atoms with Crippen LogP contribution in [0.3, 0.4) is 0 Å². The summed E-state index contributed by atoms with van der Waals surface area (Å²) in [6, 6.07) is 10.1. The lowest BCUT2D eigenvalue weighted by atomic mass is 9.91. The van der Waals surface area contributed by atoms with Crippen molar-refractivity contribution in [1.82, 2.24) is 24.7 Å². The molecule has 1 N–H and O–H groups in total. The second-order valence-electron chi connectivity index (χ2n) is 10.2. The summed E-state index contributed by atoms with van der Waals surface area (Å²) in [5.41, 5.74) is 1.51. The molecule has 3 aliphatic rings. The van der Waals surface area contributed by atoms with Crippen molar-refractivity contribution >= 4 is 22.6 Å². The molecule has 3 aromatic heterocycles. The number of anilines is 1. The second-order valence-corrected chi connectivity index (χ2v) is 10.2. The molecule has 0 saturated heterocycles. The number of benzene rings is 1. The maximum Gasteiger partial charge on any atom is 0.229 e. The van der Waals surface area contributed by atoms with Crippen LogP contribution in [0.4, 0.5) is 10.2 Å². The summed E-state index contributed by atoms with van der Waals surface area (Å²) in [4.78, 5) is 26.0. The van der Waals surface area contributed by atoms with Gasteiger partial charge >= 0.3 is 0 Å². The molecule has 9 heteroatoms. The summed E-state index contributed by atoms with van der Waals surface area (Å²) in [7, 11) is 0. The summed E-state index contributed by atoms with van der Waals surface area (Å²) in [6.07, 6.45) is 10.6. The summed E-state index contributed by atoms with van der Waals surface area (Å²) < 4.78 is 21.7. The van der Waals surface area contributed by atoms with E-state index in [0.29, 0.717) is 40.6 Å². The van der Waals surface area contributed by atoms with Gasteiger partial charge in [-0.1, -0.05) is 0 Å². The fourth-order valence-corrected chi connectivity index (χ4v) is 6.15. The Morgan fingerprint density at radius 2 is 1.97 bits per heavy atom. The van der Waals surface area contributed by atoms with E-state index in [1.807, 2.05) is 12.1 Å². The number of fused-ring (bicyclic) bond motifs is 2. The maximum atomic E-state index is 13.8. The van der Waals surface area contributed by atoms with E-state index in [-0.39, 0.29) is 23.7 Å². The van der Waals surface area contributed by atoms with Crippen molar-refractivity contribution in [3.05, 3.63) is 67.3 Å². The van der Waals surface area contributed by atoms with Crippen LogP contribution in [0, 0.1) is 35.4 Å². The van der Waals surface area contributed by atoms with E-state index in [4.69, 9.17) is 4.74 Å². The van der Waals surface area contributed by atoms with Gasteiger partial charge in [0.05, 0.1) is 23.5 Å². The number of ether oxygens (including phenoxy) is 1. The lowest BCUT2D eigenvalue weighted by molar-refractivity contribution is -0.121. The third kappa shape index (κ3) is 3.88. The molecule has 0 aliphatic heterocycles. The number of carbonyl (C=O) groups is 1. The largest absolute Gasteiger partial charge is 0.490 e. The first-order valence-electron chi connectivity index (χ1n) is 12.5. The lowest BCUT2D eigenvalue weighted by Crippen LogP contribution is -2.29. The van der Waals surface area contributed by atoms with Crippen molar-refractivity contribution in [2.75, 3.05) is 5.32 Å². The van der Waals surface area contributed by atoms with E-state index in [0.717, 1.165) is 36.9 Å². The fourth-order valence-electron chi connectivity index (χ4n) is 6.15. The van der Waals surface area contributed by atoms with Crippen molar-refractivity contribution < 1.29 is 13.9 Å². The van der Waals surface area contributed by atoms with E-state index in [1.54, 1.807) is 35.5 Å². The van der Waals surface area contributed by atoms with E-state index in [9.17, 15) is 9.18 Å². The van der Waals surface area contributed by atoms with Gasteiger partial charge in [0.2, 0.25) is 5.91 Å². The van der Waals surface area contributed by atoms with Crippen molar-refractivity contribution in [3.63, 3.8) is 0 Å². The second kappa shape index (κ2) is 8.36. The molecule has 182 valence electrons. The van der Waals surface area contributed by atoms with Crippen LogP contribution in [0.1, 0.15) is 25.7 Å². The van der Waals surface area contributed by atoms with Crippen molar-refractivity contribution in [3.8, 4) is 11.4 Å². The predicted octanol–water partition coefficient (Wildman–Crippen LogP) is 4.42. The molecule has 1 amide bonds. The van der Waals surface area contributed by atoms with Crippen LogP contribution >= 0.6 is 0 Å². The zero-order valence-corrected chi connectivity index (χ0v) is 19.5. The van der Waals surface area contributed by atoms with Gasteiger partial charge in [0.1, 0.15) is 30.0 Å². The molecule has 8 nitrogen and oxygen atoms in total. The monoisotopic (exact) mass is 484 g/mol. The molecule has 0 radical (unpaired) electrons. The number of rotatable bonds is 7. The highest BCUT2D eigenvalue weighted by atomic mass is 19.1. The number of halogens is 1. The van der Waals surface area contributed by atoms with Crippen molar-refractivity contribution in [1.29, 1.82) is 0 Å². The van der Waals surface area contributed by atoms with Crippen LogP contribution < -0.4 is 10.1 Å². The summed E-state index contributed by atoms with van der Waals surface area (Å²) in [5, 5.41) is 7.86. The van der Waals surface area contributed by atoms with Gasteiger partial charge in [-0.3, -0.25) is 9.78 Å². The number of nitrogens with one attached hydrogen (secondary N) is 1. The average molecular weight is 485 g/mol. The third-order valence-corrected chi connectivity index (χ3v) is 7.95. The van der Waals surface area contributed by atoms with Gasteiger partial charge in [0.25, 0.3) is 0 Å². The first-order valence-corrected chi connectivity index (χ1v) is 12.5. The third-order valence-electron chi connectivity index (χ3n) is 7.95. The number of carbonyl (C=O) groups excluding carboxylic acids is 1. The van der Waals surface area contributed by atoms with Gasteiger partial charge in [0.15, 0.2) is 0 Å². The molecule has 0 bridgehead atoms. The van der Waals surface area contributed by atoms with Crippen LogP contribution in [0.2, 0.25) is 0 Å². The molecule has 1 unspecified atom stereocenters. The number of hydrogen-bond acceptors (Lipinski definition) is 6. The number of hydrogen-bond donors (Lipinski definition) is 1. The summed E-state index contributed by atoms with van der Waals surface area (Å²) in [5.74, 6) is 2.89. The molecule has 3 aliphatic carbocycles. The highest BCUT2D eigenvalue weighted by Gasteiger charge is 2.63. The SMILES string of the molecule is O=C(Nc1ccc(-n2cncn2)cn1)C(C1CC1)[C@H]1[C@@H]2C[C@H](Oc3ccnc4ccc(F)cc34)C[C@@H]21. The average Bonchev–Trinajstić information content (AvgIpc) is 3.69. The fraction of sp³-hybridized carbons (Fsp3) is 0.370. The molecule has 3 fully saturated rings. The Hall–Kier alpha value is -3.88. The van der Waals surface area contributed by atoms with Crippen molar-refractivity contribution in [2.45, 2.75) is 31.8 Å². The van der Waals surface area contributed by atoms with E-state index >= 15 is 0 Å². The summed E-state index contributed by atoms with van der Waals surface area (Å²) in [6.45, 7) is 0. The van der Waals surface area contributed by atoms with Gasteiger partial charge in [-0.15, -0.1) is 0 Å². The van der Waals surface area contributed by atoms with E-state index in [1.165, 1.54) is 18.5 Å². The van der Waals surface area contributed by atoms with Gasteiger partial charge in [-0.2, -0.15) is 5.10 Å². The number of nitrogens with zero attached hydrogens (tertiary/aromatic N) is 5. The van der Waals surface area contributed by atoms with Crippen LogP contribution in [0.5, 0.6) is 5.75 Å². The Balaban J connectivity index is 1.00. The minimum Gasteiger partial charge on any atom is -0.490 e. The maximum absolute atomic E-state index is 13.8. The molecule has 0 spiro atoms. The molecule has 3 heterocycles. The van der Waals surface area contributed by atoms with E-state index < -0.39 is 0 Å². The Labute approximate surface area is 206 Å². The van der Waals surface area contributed by atoms with Gasteiger partial charge in [-0.05, 0) is 85.8 Å². The molecule has 1 aromatic carbocycles. The van der Waals surface area contributed by atoms with Crippen LogP contribution in [-0.4, -0.2) is 36.7 Å². The number of aromatic nitrogens is 5. The standard InChI is InChI=1S/C27H25FN6O2/c28-16-3-5-22-21(9-16)23(7-8-30-22)36-18-10-19-20(11-18)26(19)25(15-1-2-15)27(35)33-24-6-4-17(12-31-24)34-14-29-13-32-34/h3-9,12-15,18-20,25-26H,1-2,10-11H2,(H,31,33,35)/t18-,19+,20-,25?,26-. The zero-order valence-electron chi connectivity index (χ0n) is 19.5. The Morgan fingerprint density at radius 1 is 1.11 bits per heavy atom. The smallest absolute Gasteiger partial charge is 0.229 e. The van der Waals surface area contributed by atoms with Gasteiger partial charge in [-0.25, -0.2) is 19.0 Å². The predicted molar refractivity (Wildman–Crippen MR) is 130 cm³/mol. The van der Waals surface area contributed by atoms with Crippen molar-refractivity contribution in [2.24, 2.45) is 29.6 Å². The Morgan fingerprint density at radius 3 is 2.69 bits per heavy atom. The first kappa shape index (κ1) is 21.4. The molecule has 5 atom stereocenters. The summed E-state index contributed by atoms with van der Waals surface area (Å²) >= 11 is 0. The quantitative estimate of drug-likeness (QED) is 0.417. The normalized spacial score (nSPS) is 25.4. The number of amides is 1.